The van der Waals surface area contributed by atoms with Crippen molar-refractivity contribution in [3.63, 3.8) is 0 Å². The fourth-order valence-electron chi connectivity index (χ4n) is 2.94. The smallest absolute Gasteiger partial charge is 0.326 e. The standard InChI is InChI=1S/C16H20FN3O/c1-11-2-5-13(6-3-11)19-16(21)20-9-8-18-14-10-12(17)4-7-15(14)20/h4,7-11,13,18H,2-3,5-6H2,1H3,(H,19,21). The van der Waals surface area contributed by atoms with Crippen molar-refractivity contribution in [1.29, 1.82) is 0 Å². The summed E-state index contributed by atoms with van der Waals surface area (Å²) in [5, 5.41) is 6.03. The average Bonchev–Trinajstić information content (AvgIpc) is 2.48. The van der Waals surface area contributed by atoms with E-state index >= 15 is 0 Å². The molecule has 3 rings (SSSR count). The topological polar surface area (TPSA) is 44.4 Å². The van der Waals surface area contributed by atoms with Crippen molar-refractivity contribution in [2.75, 3.05) is 10.2 Å². The minimum absolute atomic E-state index is 0.153. The Kier molecular flexibility index (Phi) is 3.82. The van der Waals surface area contributed by atoms with Crippen LogP contribution in [0.1, 0.15) is 32.6 Å². The lowest BCUT2D eigenvalue weighted by atomic mass is 9.87. The van der Waals surface area contributed by atoms with Gasteiger partial charge in [0.25, 0.3) is 0 Å². The number of rotatable bonds is 1. The molecule has 0 unspecified atom stereocenters. The van der Waals surface area contributed by atoms with Gasteiger partial charge < -0.3 is 10.6 Å². The van der Waals surface area contributed by atoms with E-state index in [9.17, 15) is 9.18 Å². The number of amides is 2. The number of carbonyl (C=O) groups is 1. The summed E-state index contributed by atoms with van der Waals surface area (Å²) < 4.78 is 13.2. The first-order valence-electron chi connectivity index (χ1n) is 7.46. The molecule has 0 aromatic heterocycles. The molecule has 1 saturated carbocycles. The third-order valence-electron chi connectivity index (χ3n) is 4.24. The van der Waals surface area contributed by atoms with Crippen LogP contribution in [0.3, 0.4) is 0 Å². The Hall–Kier alpha value is -2.04. The molecule has 1 heterocycles. The molecule has 2 N–H and O–H groups in total. The summed E-state index contributed by atoms with van der Waals surface area (Å²) in [7, 11) is 0. The summed E-state index contributed by atoms with van der Waals surface area (Å²) in [5.74, 6) is 0.430. The number of nitrogens with zero attached hydrogens (tertiary/aromatic N) is 1. The van der Waals surface area contributed by atoms with Gasteiger partial charge in [0.2, 0.25) is 0 Å². The first-order chi connectivity index (χ1) is 10.1. The second-order valence-corrected chi connectivity index (χ2v) is 5.90. The quantitative estimate of drug-likeness (QED) is 0.825. The highest BCUT2D eigenvalue weighted by Gasteiger charge is 2.24. The van der Waals surface area contributed by atoms with Gasteiger partial charge in [-0.25, -0.2) is 9.18 Å². The molecule has 1 aromatic carbocycles. The molecular formula is C16H20FN3O. The van der Waals surface area contributed by atoms with E-state index in [1.807, 2.05) is 0 Å². The van der Waals surface area contributed by atoms with Crippen LogP contribution in [0.2, 0.25) is 0 Å². The fourth-order valence-corrected chi connectivity index (χ4v) is 2.94. The van der Waals surface area contributed by atoms with Gasteiger partial charge in [0.15, 0.2) is 0 Å². The van der Waals surface area contributed by atoms with Gasteiger partial charge in [0.05, 0.1) is 11.4 Å². The molecule has 1 aromatic rings. The Bertz CT molecular complexity index is 565. The summed E-state index contributed by atoms with van der Waals surface area (Å²) in [4.78, 5) is 14.0. The van der Waals surface area contributed by atoms with Crippen LogP contribution >= 0.6 is 0 Å². The van der Waals surface area contributed by atoms with Crippen LogP contribution in [-0.4, -0.2) is 12.1 Å². The SMILES string of the molecule is CC1CCC(NC(=O)N2C=CNc3cc(F)ccc32)CC1. The first kappa shape index (κ1) is 13.9. The van der Waals surface area contributed by atoms with Gasteiger partial charge in [-0.1, -0.05) is 6.92 Å². The number of hydrogen-bond donors (Lipinski definition) is 2. The number of nitrogens with one attached hydrogen (secondary N) is 2. The predicted octanol–water partition coefficient (Wildman–Crippen LogP) is 3.82. The summed E-state index contributed by atoms with van der Waals surface area (Å²) in [6.07, 6.45) is 7.68. The van der Waals surface area contributed by atoms with Gasteiger partial charge >= 0.3 is 6.03 Å². The van der Waals surface area contributed by atoms with Crippen molar-refractivity contribution in [2.24, 2.45) is 5.92 Å². The van der Waals surface area contributed by atoms with Crippen molar-refractivity contribution in [3.05, 3.63) is 36.4 Å². The first-order valence-corrected chi connectivity index (χ1v) is 7.46. The molecule has 1 aliphatic heterocycles. The van der Waals surface area contributed by atoms with Crippen LogP contribution in [-0.2, 0) is 0 Å². The number of anilines is 2. The monoisotopic (exact) mass is 289 g/mol. The van der Waals surface area contributed by atoms with Gasteiger partial charge in [-0.2, -0.15) is 0 Å². The Balaban J connectivity index is 1.70. The zero-order valence-corrected chi connectivity index (χ0v) is 12.1. The number of carbonyl (C=O) groups excluding carboxylic acids is 1. The van der Waals surface area contributed by atoms with Crippen molar-refractivity contribution in [1.82, 2.24) is 5.32 Å². The Morgan fingerprint density at radius 1 is 1.33 bits per heavy atom. The van der Waals surface area contributed by atoms with E-state index in [4.69, 9.17) is 0 Å². The highest BCUT2D eigenvalue weighted by molar-refractivity contribution is 5.98. The van der Waals surface area contributed by atoms with E-state index in [1.54, 1.807) is 18.5 Å². The zero-order valence-electron chi connectivity index (χ0n) is 12.1. The largest absolute Gasteiger partial charge is 0.359 e. The van der Waals surface area contributed by atoms with Crippen LogP contribution in [0.25, 0.3) is 0 Å². The molecule has 112 valence electrons. The zero-order chi connectivity index (χ0) is 14.8. The molecule has 0 saturated heterocycles. The molecule has 1 aliphatic carbocycles. The number of urea groups is 1. The third-order valence-corrected chi connectivity index (χ3v) is 4.24. The van der Waals surface area contributed by atoms with E-state index in [2.05, 4.69) is 17.6 Å². The maximum Gasteiger partial charge on any atom is 0.326 e. The molecule has 0 radical (unpaired) electrons. The van der Waals surface area contributed by atoms with Gasteiger partial charge in [-0.05, 0) is 49.8 Å². The van der Waals surface area contributed by atoms with E-state index < -0.39 is 0 Å². The van der Waals surface area contributed by atoms with E-state index in [-0.39, 0.29) is 17.9 Å². The molecule has 4 nitrogen and oxygen atoms in total. The predicted molar refractivity (Wildman–Crippen MR) is 81.6 cm³/mol. The van der Waals surface area contributed by atoms with Crippen LogP contribution in [0.4, 0.5) is 20.6 Å². The van der Waals surface area contributed by atoms with Gasteiger partial charge in [0, 0.05) is 18.4 Å². The highest BCUT2D eigenvalue weighted by atomic mass is 19.1. The molecule has 2 amide bonds. The molecule has 0 bridgehead atoms. The number of benzene rings is 1. The summed E-state index contributed by atoms with van der Waals surface area (Å²) in [5.41, 5.74) is 1.27. The van der Waals surface area contributed by atoms with E-state index in [0.717, 1.165) is 31.6 Å². The number of halogens is 1. The van der Waals surface area contributed by atoms with Crippen molar-refractivity contribution in [2.45, 2.75) is 38.6 Å². The molecule has 5 heteroatoms. The number of hydrogen-bond acceptors (Lipinski definition) is 2. The maximum atomic E-state index is 13.2. The molecule has 0 spiro atoms. The molecule has 21 heavy (non-hydrogen) atoms. The van der Waals surface area contributed by atoms with Crippen LogP contribution in [0.5, 0.6) is 0 Å². The number of fused-ring (bicyclic) bond motifs is 1. The summed E-state index contributed by atoms with van der Waals surface area (Å²) in [6.45, 7) is 2.25. The Labute approximate surface area is 124 Å². The van der Waals surface area contributed by atoms with E-state index in [1.165, 1.54) is 17.0 Å². The normalized spacial score (nSPS) is 24.2. The minimum atomic E-state index is -0.321. The van der Waals surface area contributed by atoms with E-state index in [0.29, 0.717) is 11.4 Å². The average molecular weight is 289 g/mol. The van der Waals surface area contributed by atoms with Gasteiger partial charge in [-0.3, -0.25) is 4.90 Å². The summed E-state index contributed by atoms with van der Waals surface area (Å²) >= 11 is 0. The second kappa shape index (κ2) is 5.76. The molecular weight excluding hydrogens is 269 g/mol. The van der Waals surface area contributed by atoms with Gasteiger partial charge in [-0.15, -0.1) is 0 Å². The lowest BCUT2D eigenvalue weighted by Gasteiger charge is -2.30. The highest BCUT2D eigenvalue weighted by Crippen LogP contribution is 2.30. The lowest BCUT2D eigenvalue weighted by Crippen LogP contribution is -2.44. The third kappa shape index (κ3) is 3.01. The van der Waals surface area contributed by atoms with Crippen LogP contribution in [0.15, 0.2) is 30.6 Å². The summed E-state index contributed by atoms with van der Waals surface area (Å²) in [6, 6.07) is 4.45. The minimum Gasteiger partial charge on any atom is -0.359 e. The maximum absolute atomic E-state index is 13.2. The van der Waals surface area contributed by atoms with Crippen LogP contribution < -0.4 is 15.5 Å². The lowest BCUT2D eigenvalue weighted by molar-refractivity contribution is 0.236. The molecule has 2 aliphatic rings. The van der Waals surface area contributed by atoms with Crippen molar-refractivity contribution >= 4 is 17.4 Å². The van der Waals surface area contributed by atoms with Crippen molar-refractivity contribution < 1.29 is 9.18 Å². The molecule has 0 atom stereocenters. The van der Waals surface area contributed by atoms with Gasteiger partial charge in [0.1, 0.15) is 5.82 Å². The second-order valence-electron chi connectivity index (χ2n) is 5.90. The Morgan fingerprint density at radius 2 is 2.10 bits per heavy atom. The van der Waals surface area contributed by atoms with Crippen molar-refractivity contribution in [3.8, 4) is 0 Å². The Morgan fingerprint density at radius 3 is 2.86 bits per heavy atom. The van der Waals surface area contributed by atoms with Crippen LogP contribution in [0, 0.1) is 11.7 Å². The molecule has 1 fully saturated rings. The fraction of sp³-hybridized carbons (Fsp3) is 0.438.